The number of carboxylic acid groups (broad SMARTS) is 5. The second-order valence-electron chi connectivity index (χ2n) is 20.3. The third-order valence-corrected chi connectivity index (χ3v) is 16.1. The van der Waals surface area contributed by atoms with Crippen molar-refractivity contribution in [1.82, 2.24) is 25.3 Å². The van der Waals surface area contributed by atoms with Crippen LogP contribution in [-0.4, -0.2) is 182 Å². The summed E-state index contributed by atoms with van der Waals surface area (Å²) >= 11 is 0. The highest BCUT2D eigenvalue weighted by Gasteiger charge is 2.65. The van der Waals surface area contributed by atoms with Gasteiger partial charge in [0.05, 0.1) is 58.1 Å². The standard InChI is InChI=1S/C48H73N5O15/c1-29(9-12-40(57)58)33-10-11-34-45-35(21-38(55)48(33,34)3)47(2)14-13-32(19-31(47)20-37(45)54)50-39(56)22-49-46(67)36(28-68-27-30-7-5-4-6-8-30)53(26-44(65)66)18-17-51(23-41(59)60)15-16-52(24-42(61)62)25-43(63)64/h4-8,29,31-38,45,54-55H,9-28H2,1-3H3,(H,49,67)(H,50,56)(H,57,58)(H,59,60)(H,61,62)(H,63,64)(H,65,66)/t29-,31+,32+,33-,34+,35+,36?,37-,38+,45+,47+,48-/m1/s1. The van der Waals surface area contributed by atoms with Crippen LogP contribution in [0, 0.1) is 46.3 Å². The molecule has 0 radical (unpaired) electrons. The lowest BCUT2D eigenvalue weighted by Crippen LogP contribution is -2.63. The number of carbonyl (C=O) groups excluding carboxylic acids is 2. The Bertz CT molecular complexity index is 1910. The molecular weight excluding hydrogens is 887 g/mol. The van der Waals surface area contributed by atoms with E-state index in [1.165, 1.54) is 9.80 Å². The van der Waals surface area contributed by atoms with Gasteiger partial charge in [0.25, 0.3) is 0 Å². The lowest BCUT2D eigenvalue weighted by atomic mass is 9.43. The fraction of sp³-hybridized carbons (Fsp3) is 0.729. The summed E-state index contributed by atoms with van der Waals surface area (Å²) in [6, 6.07) is 7.54. The van der Waals surface area contributed by atoms with Gasteiger partial charge < -0.3 is 51.1 Å². The fourth-order valence-electron chi connectivity index (χ4n) is 12.7. The first-order valence-electron chi connectivity index (χ1n) is 23.9. The molecule has 5 rings (SSSR count). The van der Waals surface area contributed by atoms with Gasteiger partial charge in [0.15, 0.2) is 0 Å². The maximum Gasteiger partial charge on any atom is 0.317 e. The summed E-state index contributed by atoms with van der Waals surface area (Å²) in [5, 5.41) is 76.9. The summed E-state index contributed by atoms with van der Waals surface area (Å²) in [5.74, 6) is -6.56. The molecule has 2 amide bonds. The van der Waals surface area contributed by atoms with Crippen LogP contribution in [0.2, 0.25) is 0 Å². The van der Waals surface area contributed by atoms with Gasteiger partial charge in [0.1, 0.15) is 6.04 Å². The Labute approximate surface area is 397 Å². The first-order chi connectivity index (χ1) is 32.1. The van der Waals surface area contributed by atoms with Crippen LogP contribution in [-0.2, 0) is 44.9 Å². The van der Waals surface area contributed by atoms with E-state index < -0.39 is 98.0 Å². The summed E-state index contributed by atoms with van der Waals surface area (Å²) in [5.41, 5.74) is 0.172. The molecule has 0 bridgehead atoms. The van der Waals surface area contributed by atoms with Crippen molar-refractivity contribution in [2.75, 3.05) is 65.5 Å². The molecule has 380 valence electrons. The third-order valence-electron chi connectivity index (χ3n) is 16.1. The Balaban J connectivity index is 1.22. The minimum atomic E-state index is -1.29. The molecule has 12 atom stereocenters. The van der Waals surface area contributed by atoms with Crippen LogP contribution in [0.15, 0.2) is 30.3 Å². The highest BCUT2D eigenvalue weighted by Crippen LogP contribution is 2.68. The molecular formula is C48H73N5O15. The van der Waals surface area contributed by atoms with E-state index in [0.29, 0.717) is 32.1 Å². The lowest BCUT2D eigenvalue weighted by Gasteiger charge is -2.63. The number of carbonyl (C=O) groups is 7. The largest absolute Gasteiger partial charge is 0.481 e. The van der Waals surface area contributed by atoms with Gasteiger partial charge in [-0.2, -0.15) is 0 Å². The van der Waals surface area contributed by atoms with Gasteiger partial charge in [-0.15, -0.1) is 0 Å². The van der Waals surface area contributed by atoms with E-state index in [9.17, 15) is 69.3 Å². The van der Waals surface area contributed by atoms with Crippen LogP contribution in [0.3, 0.4) is 0 Å². The third kappa shape index (κ3) is 14.0. The molecule has 0 saturated heterocycles. The number of hydrogen-bond acceptors (Lipinski definition) is 13. The molecule has 0 aliphatic heterocycles. The Kier molecular flexibility index (Phi) is 19.3. The maximum atomic E-state index is 14.0. The van der Waals surface area contributed by atoms with Crippen molar-refractivity contribution >= 4 is 41.7 Å². The van der Waals surface area contributed by atoms with Crippen LogP contribution in [0.1, 0.15) is 84.1 Å². The summed E-state index contributed by atoms with van der Waals surface area (Å²) in [6.45, 7) is 2.91. The first kappa shape index (κ1) is 54.2. The normalized spacial score (nSPS) is 29.6. The number of amides is 2. The number of nitrogens with one attached hydrogen (secondary N) is 2. The number of aliphatic carboxylic acids is 5. The zero-order valence-corrected chi connectivity index (χ0v) is 39.5. The van der Waals surface area contributed by atoms with Gasteiger partial charge in [-0.3, -0.25) is 48.3 Å². The minimum absolute atomic E-state index is 0.00577. The van der Waals surface area contributed by atoms with Gasteiger partial charge in [-0.25, -0.2) is 0 Å². The van der Waals surface area contributed by atoms with Crippen molar-refractivity contribution in [3.8, 4) is 0 Å². The number of nitrogens with zero attached hydrogens (tertiary/aromatic N) is 3. The number of ether oxygens (including phenoxy) is 1. The van der Waals surface area contributed by atoms with Gasteiger partial charge in [0, 0.05) is 38.6 Å². The monoisotopic (exact) mass is 960 g/mol. The summed E-state index contributed by atoms with van der Waals surface area (Å²) in [4.78, 5) is 89.4. The van der Waals surface area contributed by atoms with Gasteiger partial charge in [0.2, 0.25) is 11.8 Å². The van der Waals surface area contributed by atoms with Crippen molar-refractivity contribution in [1.29, 1.82) is 0 Å². The van der Waals surface area contributed by atoms with Crippen molar-refractivity contribution in [3.05, 3.63) is 35.9 Å². The van der Waals surface area contributed by atoms with Crippen LogP contribution in [0.4, 0.5) is 0 Å². The zero-order chi connectivity index (χ0) is 49.9. The van der Waals surface area contributed by atoms with E-state index in [-0.39, 0.29) is 92.8 Å². The smallest absolute Gasteiger partial charge is 0.317 e. The molecule has 68 heavy (non-hydrogen) atoms. The predicted molar refractivity (Wildman–Crippen MR) is 244 cm³/mol. The minimum Gasteiger partial charge on any atom is -0.481 e. The van der Waals surface area contributed by atoms with Gasteiger partial charge in [-0.05, 0) is 103 Å². The molecule has 0 aromatic heterocycles. The SMILES string of the molecule is C[C@H](CCC(=O)O)[C@H]1CC[C@H]2[C@@H]3[C@H](O)C[C@@H]4C[C@@H](NC(=O)CNC(=O)C(COCc5ccccc5)N(CCN(CCN(CC(=O)O)CC(=O)O)CC(=O)O)CC(=O)O)CC[C@]4(C)[C@H]3C[C@H](O)[C@]12C. The average molecular weight is 960 g/mol. The second kappa shape index (κ2) is 24.2. The Morgan fingerprint density at radius 3 is 2.00 bits per heavy atom. The highest BCUT2D eigenvalue weighted by atomic mass is 16.5. The molecule has 20 nitrogen and oxygen atoms in total. The number of benzene rings is 1. The van der Waals surface area contributed by atoms with Crippen LogP contribution < -0.4 is 10.6 Å². The molecule has 1 aromatic rings. The van der Waals surface area contributed by atoms with E-state index in [0.717, 1.165) is 29.7 Å². The topological polar surface area (TPSA) is 304 Å². The molecule has 4 aliphatic carbocycles. The van der Waals surface area contributed by atoms with Crippen molar-refractivity contribution < 1.29 is 74.0 Å². The van der Waals surface area contributed by atoms with E-state index in [2.05, 4.69) is 31.4 Å². The molecule has 1 unspecified atom stereocenters. The van der Waals surface area contributed by atoms with Crippen molar-refractivity contribution in [3.63, 3.8) is 0 Å². The Morgan fingerprint density at radius 2 is 1.37 bits per heavy atom. The Hall–Kier alpha value is -4.73. The van der Waals surface area contributed by atoms with Gasteiger partial charge >= 0.3 is 29.8 Å². The Morgan fingerprint density at radius 1 is 0.750 bits per heavy atom. The van der Waals surface area contributed by atoms with E-state index in [1.807, 2.05) is 18.2 Å². The van der Waals surface area contributed by atoms with Gasteiger partial charge in [-0.1, -0.05) is 51.1 Å². The van der Waals surface area contributed by atoms with Crippen LogP contribution in [0.5, 0.6) is 0 Å². The maximum absolute atomic E-state index is 14.0. The zero-order valence-electron chi connectivity index (χ0n) is 39.5. The van der Waals surface area contributed by atoms with Crippen LogP contribution >= 0.6 is 0 Å². The quantitative estimate of drug-likeness (QED) is 0.0604. The molecule has 9 N–H and O–H groups in total. The molecule has 4 saturated carbocycles. The molecule has 20 heteroatoms. The van der Waals surface area contributed by atoms with Crippen molar-refractivity contribution in [2.45, 2.75) is 109 Å². The predicted octanol–water partition coefficient (Wildman–Crippen LogP) is 1.52. The van der Waals surface area contributed by atoms with E-state index in [4.69, 9.17) is 4.74 Å². The lowest BCUT2D eigenvalue weighted by molar-refractivity contribution is -0.202. The van der Waals surface area contributed by atoms with E-state index in [1.54, 1.807) is 12.1 Å². The first-order valence-corrected chi connectivity index (χ1v) is 23.9. The fourth-order valence-corrected chi connectivity index (χ4v) is 12.7. The average Bonchev–Trinajstić information content (AvgIpc) is 3.62. The molecule has 4 aliphatic rings. The molecule has 0 heterocycles. The number of aliphatic hydroxyl groups is 2. The molecule has 0 spiro atoms. The van der Waals surface area contributed by atoms with Crippen molar-refractivity contribution in [2.24, 2.45) is 46.3 Å². The highest BCUT2D eigenvalue weighted by molar-refractivity contribution is 5.88. The molecule has 4 fully saturated rings. The van der Waals surface area contributed by atoms with E-state index >= 15 is 0 Å². The number of carboxylic acids is 5. The summed E-state index contributed by atoms with van der Waals surface area (Å²) in [7, 11) is 0. The molecule has 1 aromatic carbocycles. The number of aliphatic hydroxyl groups excluding tert-OH is 2. The second-order valence-corrected chi connectivity index (χ2v) is 20.3. The number of hydrogen-bond donors (Lipinski definition) is 9. The number of fused-ring (bicyclic) bond motifs is 5. The summed E-state index contributed by atoms with van der Waals surface area (Å²) < 4.78 is 5.92. The number of rotatable bonds is 27. The van der Waals surface area contributed by atoms with Crippen LogP contribution in [0.25, 0.3) is 0 Å². The summed E-state index contributed by atoms with van der Waals surface area (Å²) in [6.07, 6.45) is 4.33.